The van der Waals surface area contributed by atoms with Gasteiger partial charge in [-0.3, -0.25) is 35.2 Å². The molecular formula is C20H21N5O4S. The number of benzene rings is 1. The van der Waals surface area contributed by atoms with Gasteiger partial charge in [-0.05, 0) is 43.4 Å². The maximum absolute atomic E-state index is 12.4. The summed E-state index contributed by atoms with van der Waals surface area (Å²) in [5.41, 5.74) is 6.70. The van der Waals surface area contributed by atoms with Crippen LogP contribution in [0.25, 0.3) is 10.9 Å². The van der Waals surface area contributed by atoms with Gasteiger partial charge in [0.2, 0.25) is 5.91 Å². The molecule has 0 fully saturated rings. The zero-order valence-corrected chi connectivity index (χ0v) is 17.0. The lowest BCUT2D eigenvalue weighted by Crippen LogP contribution is -2.41. The first-order chi connectivity index (χ1) is 14.5. The average molecular weight is 427 g/mol. The van der Waals surface area contributed by atoms with Gasteiger partial charge in [0.15, 0.2) is 0 Å². The number of nitro groups is 1. The Morgan fingerprint density at radius 3 is 2.83 bits per heavy atom. The number of aryl methyl sites for hydroxylation is 3. The molecule has 1 aromatic carbocycles. The van der Waals surface area contributed by atoms with Gasteiger partial charge < -0.3 is 0 Å². The summed E-state index contributed by atoms with van der Waals surface area (Å²) in [6.45, 7) is 0.236. The number of fused-ring (bicyclic) bond motifs is 2. The van der Waals surface area contributed by atoms with Crippen LogP contribution in [0.3, 0.4) is 0 Å². The minimum atomic E-state index is -0.469. The van der Waals surface area contributed by atoms with Gasteiger partial charge >= 0.3 is 0 Å². The molecule has 0 atom stereocenters. The van der Waals surface area contributed by atoms with Crippen molar-refractivity contribution in [3.8, 4) is 0 Å². The van der Waals surface area contributed by atoms with Crippen LogP contribution >= 0.6 is 11.3 Å². The van der Waals surface area contributed by atoms with Crippen LogP contribution in [0.15, 0.2) is 30.5 Å². The highest BCUT2D eigenvalue weighted by atomic mass is 32.1. The zero-order chi connectivity index (χ0) is 21.1. The number of thiophene rings is 1. The van der Waals surface area contributed by atoms with Crippen LogP contribution in [0.2, 0.25) is 0 Å². The lowest BCUT2D eigenvalue weighted by Gasteiger charge is -2.07. The normalized spacial score (nSPS) is 13.5. The highest BCUT2D eigenvalue weighted by molar-refractivity contribution is 7.14. The van der Waals surface area contributed by atoms with Crippen LogP contribution < -0.4 is 10.9 Å². The molecule has 0 bridgehead atoms. The van der Waals surface area contributed by atoms with E-state index in [0.29, 0.717) is 10.4 Å². The van der Waals surface area contributed by atoms with Gasteiger partial charge in [0.05, 0.1) is 28.1 Å². The molecule has 0 saturated heterocycles. The Bertz CT molecular complexity index is 1100. The molecule has 0 aliphatic heterocycles. The van der Waals surface area contributed by atoms with Crippen molar-refractivity contribution in [3.63, 3.8) is 0 Å². The van der Waals surface area contributed by atoms with Gasteiger partial charge in [-0.2, -0.15) is 5.10 Å². The topological polar surface area (TPSA) is 119 Å². The molecule has 156 valence electrons. The number of carbonyl (C=O) groups excluding carboxylic acids is 2. The lowest BCUT2D eigenvalue weighted by molar-refractivity contribution is -0.384. The third kappa shape index (κ3) is 4.33. The first kappa shape index (κ1) is 20.0. The number of hydrogen-bond donors (Lipinski definition) is 2. The third-order valence-electron chi connectivity index (χ3n) is 5.18. The summed E-state index contributed by atoms with van der Waals surface area (Å²) in [6.07, 6.45) is 7.19. The van der Waals surface area contributed by atoms with Crippen LogP contribution in [-0.4, -0.2) is 26.5 Å². The van der Waals surface area contributed by atoms with Crippen molar-refractivity contribution in [1.29, 1.82) is 0 Å². The molecule has 9 nitrogen and oxygen atoms in total. The predicted octanol–water partition coefficient (Wildman–Crippen LogP) is 3.13. The zero-order valence-electron chi connectivity index (χ0n) is 16.2. The second-order valence-electron chi connectivity index (χ2n) is 7.24. The van der Waals surface area contributed by atoms with Gasteiger partial charge in [-0.1, -0.05) is 6.42 Å². The van der Waals surface area contributed by atoms with Gasteiger partial charge in [0, 0.05) is 28.8 Å². The summed E-state index contributed by atoms with van der Waals surface area (Å²) in [7, 11) is 0. The standard InChI is InChI=1S/C20H21N5O4S/c26-19(8-9-24-16-11-15(25(28)29)7-6-14(16)12-21-24)22-23-20(27)18-10-13-4-2-1-3-5-17(13)30-18/h6-7,10-12H,1-5,8-9H2,(H,22,26)(H,23,27). The Morgan fingerprint density at radius 2 is 2.00 bits per heavy atom. The molecule has 0 unspecified atom stereocenters. The molecular weight excluding hydrogens is 406 g/mol. The number of nitrogens with one attached hydrogen (secondary N) is 2. The van der Waals surface area contributed by atoms with E-state index in [1.807, 2.05) is 6.07 Å². The molecule has 2 amide bonds. The summed E-state index contributed by atoms with van der Waals surface area (Å²) in [5, 5.41) is 15.9. The van der Waals surface area contributed by atoms with E-state index in [-0.39, 0.29) is 30.5 Å². The fraction of sp³-hybridized carbons (Fsp3) is 0.350. The average Bonchev–Trinajstić information content (AvgIpc) is 3.27. The van der Waals surface area contributed by atoms with Gasteiger partial charge in [0.25, 0.3) is 11.6 Å². The van der Waals surface area contributed by atoms with Gasteiger partial charge in [-0.15, -0.1) is 11.3 Å². The monoisotopic (exact) mass is 427 g/mol. The van der Waals surface area contributed by atoms with Crippen LogP contribution in [0, 0.1) is 10.1 Å². The number of aromatic nitrogens is 2. The van der Waals surface area contributed by atoms with Gasteiger partial charge in [0.1, 0.15) is 0 Å². The molecule has 2 N–H and O–H groups in total. The highest BCUT2D eigenvalue weighted by Gasteiger charge is 2.17. The number of nitrogens with zero attached hydrogens (tertiary/aromatic N) is 3. The predicted molar refractivity (Wildman–Crippen MR) is 112 cm³/mol. The summed E-state index contributed by atoms with van der Waals surface area (Å²) < 4.78 is 1.54. The molecule has 1 aliphatic carbocycles. The SMILES string of the molecule is O=C(CCn1ncc2ccc([N+](=O)[O-])cc21)NNC(=O)c1cc2c(s1)CCCCC2. The van der Waals surface area contributed by atoms with E-state index in [0.717, 1.165) is 31.1 Å². The largest absolute Gasteiger partial charge is 0.279 e. The molecule has 2 heterocycles. The molecule has 4 rings (SSSR count). The van der Waals surface area contributed by atoms with Crippen LogP contribution in [0.5, 0.6) is 0 Å². The Hall–Kier alpha value is -3.27. The van der Waals surface area contributed by atoms with E-state index >= 15 is 0 Å². The third-order valence-corrected chi connectivity index (χ3v) is 6.41. The van der Waals surface area contributed by atoms with Crippen LogP contribution in [0.4, 0.5) is 5.69 Å². The van der Waals surface area contributed by atoms with E-state index < -0.39 is 4.92 Å². The molecule has 0 saturated carbocycles. The second-order valence-corrected chi connectivity index (χ2v) is 8.38. The number of non-ortho nitro benzene ring substituents is 1. The quantitative estimate of drug-likeness (QED) is 0.368. The summed E-state index contributed by atoms with van der Waals surface area (Å²) >= 11 is 1.49. The Labute approximate surface area is 176 Å². The Balaban J connectivity index is 1.32. The highest BCUT2D eigenvalue weighted by Crippen LogP contribution is 2.28. The van der Waals surface area contributed by atoms with Crippen molar-refractivity contribution in [1.82, 2.24) is 20.6 Å². The van der Waals surface area contributed by atoms with Gasteiger partial charge in [-0.25, -0.2) is 0 Å². The van der Waals surface area contributed by atoms with Crippen molar-refractivity contribution in [2.24, 2.45) is 0 Å². The fourth-order valence-electron chi connectivity index (χ4n) is 3.59. The van der Waals surface area contributed by atoms with Crippen molar-refractivity contribution < 1.29 is 14.5 Å². The first-order valence-corrected chi connectivity index (χ1v) is 10.6. The minimum absolute atomic E-state index is 0.0321. The smallest absolute Gasteiger partial charge is 0.273 e. The van der Waals surface area contributed by atoms with E-state index in [1.165, 1.54) is 40.3 Å². The van der Waals surface area contributed by atoms with E-state index in [9.17, 15) is 19.7 Å². The fourth-order valence-corrected chi connectivity index (χ4v) is 4.74. The molecule has 10 heteroatoms. The molecule has 30 heavy (non-hydrogen) atoms. The molecule has 0 spiro atoms. The molecule has 3 aromatic rings. The summed E-state index contributed by atoms with van der Waals surface area (Å²) in [4.78, 5) is 36.9. The van der Waals surface area contributed by atoms with Crippen LogP contribution in [0.1, 0.15) is 45.8 Å². The number of carbonyl (C=O) groups is 2. The summed E-state index contributed by atoms with van der Waals surface area (Å²) in [5.74, 6) is -0.683. The molecule has 2 aromatic heterocycles. The number of hydrogen-bond acceptors (Lipinski definition) is 6. The van der Waals surface area contributed by atoms with E-state index in [1.54, 1.807) is 16.9 Å². The molecule has 1 aliphatic rings. The molecule has 0 radical (unpaired) electrons. The number of rotatable bonds is 5. The number of hydrazine groups is 1. The van der Waals surface area contributed by atoms with Crippen molar-refractivity contribution in [3.05, 3.63) is 55.9 Å². The van der Waals surface area contributed by atoms with Crippen LogP contribution in [-0.2, 0) is 24.2 Å². The van der Waals surface area contributed by atoms with Crippen molar-refractivity contribution in [2.45, 2.75) is 45.1 Å². The number of amides is 2. The number of nitro benzene ring substituents is 1. The lowest BCUT2D eigenvalue weighted by atomic mass is 10.1. The van der Waals surface area contributed by atoms with Crippen molar-refractivity contribution >= 4 is 39.7 Å². The van der Waals surface area contributed by atoms with Crippen molar-refractivity contribution in [2.75, 3.05) is 0 Å². The first-order valence-electron chi connectivity index (χ1n) is 9.82. The van der Waals surface area contributed by atoms with E-state index in [4.69, 9.17) is 0 Å². The maximum Gasteiger partial charge on any atom is 0.279 e. The minimum Gasteiger partial charge on any atom is -0.273 e. The second kappa shape index (κ2) is 8.62. The maximum atomic E-state index is 12.4. The summed E-state index contributed by atoms with van der Waals surface area (Å²) in [6, 6.07) is 6.40. The Morgan fingerprint density at radius 1 is 1.17 bits per heavy atom. The Kier molecular flexibility index (Phi) is 5.75. The van der Waals surface area contributed by atoms with E-state index in [2.05, 4.69) is 16.0 Å².